The van der Waals surface area contributed by atoms with Crippen molar-refractivity contribution in [3.8, 4) is 6.07 Å². The fraction of sp³-hybridized carbons (Fsp3) is 0.533. The molecule has 0 aliphatic carbocycles. The maximum atomic E-state index is 12.0. The third-order valence-corrected chi connectivity index (χ3v) is 4.93. The van der Waals surface area contributed by atoms with E-state index in [9.17, 15) is 8.42 Å². The Kier molecular flexibility index (Phi) is 6.82. The smallest absolute Gasteiger partial charge is 0.215 e. The van der Waals surface area contributed by atoms with Gasteiger partial charge in [-0.25, -0.2) is 13.1 Å². The number of nitrogens with one attached hydrogen (secondary N) is 1. The van der Waals surface area contributed by atoms with Gasteiger partial charge in [-0.15, -0.1) is 0 Å². The second kappa shape index (κ2) is 8.13. The van der Waals surface area contributed by atoms with Crippen LogP contribution >= 0.6 is 0 Å². The molecule has 1 aromatic rings. The summed E-state index contributed by atoms with van der Waals surface area (Å²) in [6.45, 7) is 5.31. The molecule has 0 aromatic heterocycles. The summed E-state index contributed by atoms with van der Waals surface area (Å²) < 4.78 is 26.6. The number of likely N-dealkylation sites (N-methyl/N-ethyl adjacent to an activating group) is 1. The third-order valence-electron chi connectivity index (χ3n) is 3.57. The number of rotatable bonds is 8. The van der Waals surface area contributed by atoms with Crippen LogP contribution in [-0.2, 0) is 15.8 Å². The lowest BCUT2D eigenvalue weighted by molar-refractivity contribution is 0.256. The van der Waals surface area contributed by atoms with Crippen LogP contribution in [0.1, 0.15) is 31.4 Å². The van der Waals surface area contributed by atoms with Gasteiger partial charge in [0.15, 0.2) is 0 Å². The highest BCUT2D eigenvalue weighted by atomic mass is 32.2. The largest absolute Gasteiger partial charge is 0.302 e. The van der Waals surface area contributed by atoms with E-state index in [4.69, 9.17) is 5.26 Å². The van der Waals surface area contributed by atoms with Gasteiger partial charge < -0.3 is 4.90 Å². The Morgan fingerprint density at radius 2 is 1.95 bits per heavy atom. The Labute approximate surface area is 127 Å². The Morgan fingerprint density at radius 3 is 2.48 bits per heavy atom. The van der Waals surface area contributed by atoms with Crippen molar-refractivity contribution in [2.24, 2.45) is 0 Å². The van der Waals surface area contributed by atoms with Gasteiger partial charge in [0, 0.05) is 19.1 Å². The zero-order chi connectivity index (χ0) is 15.9. The lowest BCUT2D eigenvalue weighted by Gasteiger charge is -2.23. The SMILES string of the molecule is CCC(C)N(C)CCNS(=O)(=O)Cc1ccc(C#N)cc1. The quantitative estimate of drug-likeness (QED) is 0.793. The van der Waals surface area contributed by atoms with Crippen LogP contribution in [0, 0.1) is 11.3 Å². The van der Waals surface area contributed by atoms with Crippen molar-refractivity contribution in [2.75, 3.05) is 20.1 Å². The van der Waals surface area contributed by atoms with E-state index in [2.05, 4.69) is 23.5 Å². The number of nitriles is 1. The Balaban J connectivity index is 2.48. The highest BCUT2D eigenvalue weighted by Gasteiger charge is 2.12. The first-order valence-electron chi connectivity index (χ1n) is 7.04. The van der Waals surface area contributed by atoms with Crippen LogP contribution < -0.4 is 4.72 Å². The lowest BCUT2D eigenvalue weighted by atomic mass is 10.2. The molecular formula is C15H23N3O2S. The molecule has 0 bridgehead atoms. The molecule has 0 saturated heterocycles. The summed E-state index contributed by atoms with van der Waals surface area (Å²) in [7, 11) is -1.35. The van der Waals surface area contributed by atoms with Gasteiger partial charge in [-0.05, 0) is 38.1 Å². The summed E-state index contributed by atoms with van der Waals surface area (Å²) in [5, 5.41) is 8.71. The number of hydrogen-bond acceptors (Lipinski definition) is 4. The van der Waals surface area contributed by atoms with Gasteiger partial charge in [0.25, 0.3) is 0 Å². The van der Waals surface area contributed by atoms with Crippen LogP contribution in [0.3, 0.4) is 0 Å². The summed E-state index contributed by atoms with van der Waals surface area (Å²) in [6, 6.07) is 9.04. The number of hydrogen-bond donors (Lipinski definition) is 1. The van der Waals surface area contributed by atoms with Gasteiger partial charge in [0.1, 0.15) is 0 Å². The van der Waals surface area contributed by atoms with Crippen LogP contribution in [0.5, 0.6) is 0 Å². The number of nitrogens with zero attached hydrogens (tertiary/aromatic N) is 2. The van der Waals surface area contributed by atoms with Crippen molar-refractivity contribution < 1.29 is 8.42 Å². The van der Waals surface area contributed by atoms with E-state index in [-0.39, 0.29) is 5.75 Å². The van der Waals surface area contributed by atoms with Crippen molar-refractivity contribution in [2.45, 2.75) is 32.1 Å². The Bertz CT molecular complexity index is 576. The number of sulfonamides is 1. The molecule has 0 radical (unpaired) electrons. The van der Waals surface area contributed by atoms with Crippen molar-refractivity contribution in [3.63, 3.8) is 0 Å². The molecule has 116 valence electrons. The zero-order valence-corrected chi connectivity index (χ0v) is 13.7. The Morgan fingerprint density at radius 1 is 1.33 bits per heavy atom. The van der Waals surface area contributed by atoms with Crippen LogP contribution in [-0.4, -0.2) is 39.5 Å². The second-order valence-electron chi connectivity index (χ2n) is 5.20. The first-order valence-corrected chi connectivity index (χ1v) is 8.69. The predicted molar refractivity (Wildman–Crippen MR) is 84.2 cm³/mol. The molecule has 1 unspecified atom stereocenters. The summed E-state index contributed by atoms with van der Waals surface area (Å²) in [5.41, 5.74) is 1.20. The van der Waals surface area contributed by atoms with Crippen LogP contribution in [0.2, 0.25) is 0 Å². The molecular weight excluding hydrogens is 286 g/mol. The summed E-state index contributed by atoms with van der Waals surface area (Å²) >= 11 is 0. The van der Waals surface area contributed by atoms with Crippen LogP contribution in [0.25, 0.3) is 0 Å². The van der Waals surface area contributed by atoms with Gasteiger partial charge in [-0.2, -0.15) is 5.26 Å². The fourth-order valence-electron chi connectivity index (χ4n) is 1.86. The minimum atomic E-state index is -3.34. The second-order valence-corrected chi connectivity index (χ2v) is 7.01. The molecule has 0 saturated carbocycles. The minimum absolute atomic E-state index is 0.0637. The lowest BCUT2D eigenvalue weighted by Crippen LogP contribution is -2.37. The minimum Gasteiger partial charge on any atom is -0.302 e. The van der Waals surface area contributed by atoms with Gasteiger partial charge in [0.2, 0.25) is 10.0 Å². The third kappa shape index (κ3) is 6.25. The molecule has 0 aliphatic rings. The predicted octanol–water partition coefficient (Wildman–Crippen LogP) is 1.71. The Hall–Kier alpha value is -1.42. The molecule has 5 nitrogen and oxygen atoms in total. The van der Waals surface area contributed by atoms with E-state index in [1.54, 1.807) is 24.3 Å². The van der Waals surface area contributed by atoms with Gasteiger partial charge >= 0.3 is 0 Å². The van der Waals surface area contributed by atoms with Crippen molar-refractivity contribution in [3.05, 3.63) is 35.4 Å². The molecule has 0 fully saturated rings. The molecule has 1 atom stereocenters. The molecule has 6 heteroatoms. The van der Waals surface area contributed by atoms with Gasteiger partial charge in [-0.3, -0.25) is 0 Å². The monoisotopic (exact) mass is 309 g/mol. The van der Waals surface area contributed by atoms with E-state index in [1.165, 1.54) is 0 Å². The molecule has 21 heavy (non-hydrogen) atoms. The standard InChI is InChI=1S/C15H23N3O2S/c1-4-13(2)18(3)10-9-17-21(19,20)12-15-7-5-14(11-16)6-8-15/h5-8,13,17H,4,9-10,12H2,1-3H3. The summed E-state index contributed by atoms with van der Waals surface area (Å²) in [4.78, 5) is 2.13. The maximum absolute atomic E-state index is 12.0. The van der Waals surface area contributed by atoms with E-state index < -0.39 is 10.0 Å². The fourth-order valence-corrected chi connectivity index (χ4v) is 2.99. The highest BCUT2D eigenvalue weighted by Crippen LogP contribution is 2.07. The number of benzene rings is 1. The van der Waals surface area contributed by atoms with Crippen LogP contribution in [0.4, 0.5) is 0 Å². The first kappa shape index (κ1) is 17.6. The highest BCUT2D eigenvalue weighted by molar-refractivity contribution is 7.88. The first-order chi connectivity index (χ1) is 9.88. The van der Waals surface area contributed by atoms with Gasteiger partial charge in [0.05, 0.1) is 17.4 Å². The van der Waals surface area contributed by atoms with E-state index >= 15 is 0 Å². The molecule has 1 N–H and O–H groups in total. The van der Waals surface area contributed by atoms with Crippen molar-refractivity contribution >= 4 is 10.0 Å². The van der Waals surface area contributed by atoms with Gasteiger partial charge in [-0.1, -0.05) is 19.1 Å². The van der Waals surface area contributed by atoms with E-state index in [0.717, 1.165) is 6.42 Å². The molecule has 0 aliphatic heterocycles. The average Bonchev–Trinajstić information content (AvgIpc) is 2.46. The molecule has 0 heterocycles. The topological polar surface area (TPSA) is 73.2 Å². The molecule has 1 aromatic carbocycles. The molecule has 0 spiro atoms. The van der Waals surface area contributed by atoms with Crippen LogP contribution in [0.15, 0.2) is 24.3 Å². The van der Waals surface area contributed by atoms with E-state index in [0.29, 0.717) is 30.3 Å². The zero-order valence-electron chi connectivity index (χ0n) is 12.8. The maximum Gasteiger partial charge on any atom is 0.215 e. The average molecular weight is 309 g/mol. The van der Waals surface area contributed by atoms with E-state index in [1.807, 2.05) is 13.1 Å². The van der Waals surface area contributed by atoms with Crippen molar-refractivity contribution in [1.29, 1.82) is 5.26 Å². The summed E-state index contributed by atoms with van der Waals surface area (Å²) in [5.74, 6) is -0.0637. The molecule has 1 rings (SSSR count). The molecule has 0 amide bonds. The van der Waals surface area contributed by atoms with Crippen molar-refractivity contribution in [1.82, 2.24) is 9.62 Å². The normalized spacial score (nSPS) is 13.1. The summed E-state index contributed by atoms with van der Waals surface area (Å²) in [6.07, 6.45) is 1.04.